The zero-order valence-electron chi connectivity index (χ0n) is 17.7. The highest BCUT2D eigenvalue weighted by atomic mass is 16.5. The molecule has 3 aromatic rings. The fourth-order valence-corrected chi connectivity index (χ4v) is 3.22. The second-order valence-corrected chi connectivity index (χ2v) is 6.92. The minimum atomic E-state index is -0.477. The first kappa shape index (κ1) is 21.7. The maximum Gasteiger partial charge on any atom is 0.266 e. The minimum absolute atomic E-state index is 0.0234. The lowest BCUT2D eigenvalue weighted by molar-refractivity contribution is -0.112. The Bertz CT molecular complexity index is 1080. The van der Waals surface area contributed by atoms with E-state index in [0.29, 0.717) is 11.4 Å². The molecule has 31 heavy (non-hydrogen) atoms. The molecule has 0 radical (unpaired) electrons. The van der Waals surface area contributed by atoms with Crippen molar-refractivity contribution in [2.75, 3.05) is 23.9 Å². The second-order valence-electron chi connectivity index (χ2n) is 6.92. The number of anilines is 2. The number of methoxy groups -OCH3 is 1. The number of ether oxygens (including phenoxy) is 1. The van der Waals surface area contributed by atoms with Crippen molar-refractivity contribution < 1.29 is 9.53 Å². The van der Waals surface area contributed by atoms with Crippen LogP contribution in [0.2, 0.25) is 0 Å². The number of nitrogens with zero attached hydrogens (tertiary/aromatic N) is 2. The van der Waals surface area contributed by atoms with E-state index in [9.17, 15) is 10.1 Å². The molecule has 0 aliphatic heterocycles. The van der Waals surface area contributed by atoms with E-state index in [0.717, 1.165) is 24.3 Å². The Kier molecular flexibility index (Phi) is 7.45. The van der Waals surface area contributed by atoms with Crippen LogP contribution >= 0.6 is 0 Å². The van der Waals surface area contributed by atoms with Crippen LogP contribution in [-0.4, -0.2) is 19.6 Å². The molecular formula is C26H25N3O2. The molecule has 5 nitrogen and oxygen atoms in total. The number of para-hydroxylation sites is 2. The van der Waals surface area contributed by atoms with E-state index in [2.05, 4.69) is 29.3 Å². The van der Waals surface area contributed by atoms with E-state index in [-0.39, 0.29) is 5.57 Å². The monoisotopic (exact) mass is 411 g/mol. The van der Waals surface area contributed by atoms with Gasteiger partial charge in [0.2, 0.25) is 0 Å². The average molecular weight is 412 g/mol. The SMILES string of the molecule is CCN(Cc1ccccc1)c1ccc(/C=C(/C#N)C(=O)Nc2ccccc2OC)cc1. The number of carbonyl (C=O) groups is 1. The number of rotatable bonds is 8. The lowest BCUT2D eigenvalue weighted by atomic mass is 10.1. The summed E-state index contributed by atoms with van der Waals surface area (Å²) in [7, 11) is 1.53. The quantitative estimate of drug-likeness (QED) is 0.405. The number of nitrogens with one attached hydrogen (secondary N) is 1. The Morgan fingerprint density at radius 3 is 2.35 bits per heavy atom. The summed E-state index contributed by atoms with van der Waals surface area (Å²) in [4.78, 5) is 14.8. The maximum absolute atomic E-state index is 12.6. The number of amides is 1. The molecule has 0 saturated carbocycles. The molecule has 0 saturated heterocycles. The van der Waals surface area contributed by atoms with E-state index in [1.807, 2.05) is 54.6 Å². The number of benzene rings is 3. The summed E-state index contributed by atoms with van der Waals surface area (Å²) in [5.74, 6) is 0.0610. The Labute approximate surface area is 183 Å². The van der Waals surface area contributed by atoms with Gasteiger partial charge in [-0.1, -0.05) is 54.6 Å². The smallest absolute Gasteiger partial charge is 0.266 e. The zero-order chi connectivity index (χ0) is 22.1. The molecule has 0 spiro atoms. The Morgan fingerprint density at radius 2 is 1.71 bits per heavy atom. The maximum atomic E-state index is 12.6. The summed E-state index contributed by atoms with van der Waals surface area (Å²) in [6, 6.07) is 27.2. The van der Waals surface area contributed by atoms with Gasteiger partial charge >= 0.3 is 0 Å². The van der Waals surface area contributed by atoms with Crippen LogP contribution in [0.25, 0.3) is 6.08 Å². The van der Waals surface area contributed by atoms with Gasteiger partial charge in [-0.2, -0.15) is 5.26 Å². The van der Waals surface area contributed by atoms with Crippen LogP contribution in [0.5, 0.6) is 5.75 Å². The molecule has 0 aliphatic carbocycles. The largest absolute Gasteiger partial charge is 0.495 e. The van der Waals surface area contributed by atoms with Crippen molar-refractivity contribution in [3.05, 3.63) is 95.6 Å². The van der Waals surface area contributed by atoms with Crippen LogP contribution in [0.3, 0.4) is 0 Å². The molecule has 3 aromatic carbocycles. The molecule has 0 atom stereocenters. The average Bonchev–Trinajstić information content (AvgIpc) is 2.82. The van der Waals surface area contributed by atoms with Gasteiger partial charge in [-0.05, 0) is 48.4 Å². The van der Waals surface area contributed by atoms with Crippen LogP contribution in [0.15, 0.2) is 84.4 Å². The van der Waals surface area contributed by atoms with Crippen molar-refractivity contribution in [1.82, 2.24) is 0 Å². The van der Waals surface area contributed by atoms with Crippen LogP contribution < -0.4 is 15.0 Å². The van der Waals surface area contributed by atoms with Gasteiger partial charge in [-0.25, -0.2) is 0 Å². The normalized spacial score (nSPS) is 10.8. The molecule has 156 valence electrons. The molecule has 5 heteroatoms. The summed E-state index contributed by atoms with van der Waals surface area (Å²) in [6.45, 7) is 3.80. The third-order valence-corrected chi connectivity index (χ3v) is 4.89. The topological polar surface area (TPSA) is 65.4 Å². The molecule has 0 aliphatic rings. The van der Waals surface area contributed by atoms with Crippen molar-refractivity contribution in [2.45, 2.75) is 13.5 Å². The molecule has 1 N–H and O–H groups in total. The van der Waals surface area contributed by atoms with Crippen molar-refractivity contribution in [3.63, 3.8) is 0 Å². The summed E-state index contributed by atoms with van der Waals surface area (Å²) >= 11 is 0. The summed E-state index contributed by atoms with van der Waals surface area (Å²) in [6.07, 6.45) is 1.59. The van der Waals surface area contributed by atoms with Crippen molar-refractivity contribution in [2.24, 2.45) is 0 Å². The first-order valence-electron chi connectivity index (χ1n) is 10.1. The highest BCUT2D eigenvalue weighted by Crippen LogP contribution is 2.24. The van der Waals surface area contributed by atoms with Gasteiger partial charge in [0.1, 0.15) is 17.4 Å². The second kappa shape index (κ2) is 10.7. The number of carbonyl (C=O) groups excluding carboxylic acids is 1. The number of hydrogen-bond acceptors (Lipinski definition) is 4. The molecule has 0 bridgehead atoms. The highest BCUT2D eigenvalue weighted by molar-refractivity contribution is 6.10. The van der Waals surface area contributed by atoms with Gasteiger partial charge in [-0.3, -0.25) is 4.79 Å². The van der Waals surface area contributed by atoms with E-state index in [1.54, 1.807) is 24.3 Å². The first-order valence-corrected chi connectivity index (χ1v) is 10.1. The summed E-state index contributed by atoms with van der Waals surface area (Å²) in [5, 5.41) is 12.2. The third kappa shape index (κ3) is 5.74. The number of nitriles is 1. The van der Waals surface area contributed by atoms with Crippen molar-refractivity contribution in [3.8, 4) is 11.8 Å². The molecule has 3 rings (SSSR count). The number of hydrogen-bond donors (Lipinski definition) is 1. The molecule has 1 amide bonds. The molecule has 0 heterocycles. The standard InChI is InChI=1S/C26H25N3O2/c1-3-29(19-21-9-5-4-6-10-21)23-15-13-20(14-16-23)17-22(18-27)26(30)28-24-11-7-8-12-25(24)31-2/h4-17H,3,19H2,1-2H3,(H,28,30)/b22-17-. The molecule has 0 fully saturated rings. The van der Waals surface area contributed by atoms with Gasteiger partial charge in [-0.15, -0.1) is 0 Å². The molecular weight excluding hydrogens is 386 g/mol. The lowest BCUT2D eigenvalue weighted by Gasteiger charge is -2.23. The van der Waals surface area contributed by atoms with Gasteiger partial charge in [0.25, 0.3) is 5.91 Å². The molecule has 0 aromatic heterocycles. The van der Waals surface area contributed by atoms with Crippen molar-refractivity contribution >= 4 is 23.4 Å². The third-order valence-electron chi connectivity index (χ3n) is 4.89. The van der Waals surface area contributed by atoms with E-state index < -0.39 is 5.91 Å². The van der Waals surface area contributed by atoms with E-state index in [1.165, 1.54) is 12.7 Å². The van der Waals surface area contributed by atoms with E-state index >= 15 is 0 Å². The predicted molar refractivity (Wildman–Crippen MR) is 125 cm³/mol. The van der Waals surface area contributed by atoms with Crippen LogP contribution in [-0.2, 0) is 11.3 Å². The van der Waals surface area contributed by atoms with E-state index in [4.69, 9.17) is 4.74 Å². The Hall–Kier alpha value is -4.04. The summed E-state index contributed by atoms with van der Waals surface area (Å²) < 4.78 is 5.24. The minimum Gasteiger partial charge on any atom is -0.495 e. The van der Waals surface area contributed by atoms with Gasteiger partial charge in [0, 0.05) is 18.8 Å². The van der Waals surface area contributed by atoms with Crippen LogP contribution in [0.1, 0.15) is 18.1 Å². The zero-order valence-corrected chi connectivity index (χ0v) is 17.7. The first-order chi connectivity index (χ1) is 15.1. The highest BCUT2D eigenvalue weighted by Gasteiger charge is 2.12. The lowest BCUT2D eigenvalue weighted by Crippen LogP contribution is -2.21. The van der Waals surface area contributed by atoms with Crippen molar-refractivity contribution in [1.29, 1.82) is 5.26 Å². The Balaban J connectivity index is 1.74. The van der Waals surface area contributed by atoms with Crippen LogP contribution in [0, 0.1) is 11.3 Å². The van der Waals surface area contributed by atoms with Gasteiger partial charge in [0.05, 0.1) is 12.8 Å². The van der Waals surface area contributed by atoms with Gasteiger partial charge in [0.15, 0.2) is 0 Å². The fourth-order valence-electron chi connectivity index (χ4n) is 3.22. The molecule has 0 unspecified atom stereocenters. The Morgan fingerprint density at radius 1 is 1.03 bits per heavy atom. The fraction of sp³-hybridized carbons (Fsp3) is 0.154. The van der Waals surface area contributed by atoms with Gasteiger partial charge < -0.3 is 15.0 Å². The summed E-state index contributed by atoms with van der Waals surface area (Å²) in [5.41, 5.74) is 3.65. The van der Waals surface area contributed by atoms with Crippen LogP contribution in [0.4, 0.5) is 11.4 Å². The predicted octanol–water partition coefficient (Wildman–Crippen LogP) is 5.27.